The zero-order valence-electron chi connectivity index (χ0n) is 16.0. The molecular weight excluding hydrogens is 342 g/mol. The van der Waals surface area contributed by atoms with Crippen LogP contribution in [0.15, 0.2) is 36.7 Å². The van der Waals surface area contributed by atoms with Crippen LogP contribution in [0.2, 0.25) is 0 Å². The molecule has 2 aliphatic rings. The van der Waals surface area contributed by atoms with E-state index in [1.54, 1.807) is 11.8 Å². The third-order valence-corrected chi connectivity index (χ3v) is 6.01. The van der Waals surface area contributed by atoms with Crippen LogP contribution in [0.25, 0.3) is 0 Å². The molecule has 0 spiro atoms. The van der Waals surface area contributed by atoms with Gasteiger partial charge in [0.05, 0.1) is 13.3 Å². The largest absolute Gasteiger partial charge is 0.496 e. The van der Waals surface area contributed by atoms with E-state index in [-0.39, 0.29) is 17.2 Å². The van der Waals surface area contributed by atoms with E-state index < -0.39 is 0 Å². The summed E-state index contributed by atoms with van der Waals surface area (Å²) in [6, 6.07) is 8.13. The smallest absolute Gasteiger partial charge is 0.223 e. The third-order valence-electron chi connectivity index (χ3n) is 6.01. The number of para-hydroxylation sites is 1. The number of nitrogens with one attached hydrogen (secondary N) is 1. The number of hydrogen-bond donors (Lipinski definition) is 1. The van der Waals surface area contributed by atoms with Crippen molar-refractivity contribution in [3.05, 3.63) is 47.8 Å². The lowest BCUT2D eigenvalue weighted by atomic mass is 9.73. The van der Waals surface area contributed by atoms with E-state index in [0.29, 0.717) is 25.7 Å². The molecule has 2 unspecified atom stereocenters. The fourth-order valence-electron chi connectivity index (χ4n) is 4.26. The summed E-state index contributed by atoms with van der Waals surface area (Å²) >= 11 is 0. The molecule has 1 saturated heterocycles. The summed E-state index contributed by atoms with van der Waals surface area (Å²) in [5.74, 6) is 1.39. The Hall–Kier alpha value is -2.34. The molecule has 2 fully saturated rings. The topological polar surface area (TPSA) is 65.4 Å². The van der Waals surface area contributed by atoms with Gasteiger partial charge in [-0.15, -0.1) is 0 Å². The molecule has 0 radical (unpaired) electrons. The van der Waals surface area contributed by atoms with Crippen LogP contribution in [0.3, 0.4) is 0 Å². The Morgan fingerprint density at radius 3 is 2.85 bits per heavy atom. The highest BCUT2D eigenvalue weighted by molar-refractivity contribution is 5.83. The predicted molar refractivity (Wildman–Crippen MR) is 102 cm³/mol. The summed E-state index contributed by atoms with van der Waals surface area (Å²) in [6.07, 6.45) is 6.54. The van der Waals surface area contributed by atoms with Gasteiger partial charge in [-0.2, -0.15) is 5.10 Å². The van der Waals surface area contributed by atoms with Crippen molar-refractivity contribution < 1.29 is 14.3 Å². The van der Waals surface area contributed by atoms with E-state index in [1.807, 2.05) is 37.6 Å². The molecule has 6 heteroatoms. The van der Waals surface area contributed by atoms with Crippen molar-refractivity contribution in [3.63, 3.8) is 0 Å². The van der Waals surface area contributed by atoms with Crippen LogP contribution in [0.4, 0.5) is 0 Å². The Kier molecular flexibility index (Phi) is 4.91. The van der Waals surface area contributed by atoms with Crippen LogP contribution in [0.5, 0.6) is 5.75 Å². The van der Waals surface area contributed by atoms with Gasteiger partial charge in [-0.05, 0) is 36.8 Å². The van der Waals surface area contributed by atoms with Gasteiger partial charge in [0, 0.05) is 49.9 Å². The molecule has 1 aliphatic heterocycles. The minimum atomic E-state index is -0.140. The second-order valence-electron chi connectivity index (χ2n) is 7.71. The summed E-state index contributed by atoms with van der Waals surface area (Å²) in [7, 11) is 3.61. The predicted octanol–water partition coefficient (Wildman–Crippen LogP) is 2.40. The van der Waals surface area contributed by atoms with E-state index in [0.717, 1.165) is 36.1 Å². The van der Waals surface area contributed by atoms with Crippen LogP contribution in [0, 0.1) is 5.92 Å². The van der Waals surface area contributed by atoms with Crippen molar-refractivity contribution in [1.29, 1.82) is 0 Å². The highest BCUT2D eigenvalue weighted by Crippen LogP contribution is 2.47. The lowest BCUT2D eigenvalue weighted by Gasteiger charge is -2.38. The van der Waals surface area contributed by atoms with E-state index >= 15 is 0 Å². The maximum Gasteiger partial charge on any atom is 0.223 e. The highest BCUT2D eigenvalue weighted by atomic mass is 16.5. The molecule has 144 valence electrons. The van der Waals surface area contributed by atoms with Crippen molar-refractivity contribution in [1.82, 2.24) is 15.1 Å². The zero-order chi connectivity index (χ0) is 18.9. The summed E-state index contributed by atoms with van der Waals surface area (Å²) in [5, 5.41) is 7.45. The van der Waals surface area contributed by atoms with Crippen LogP contribution in [0.1, 0.15) is 36.3 Å². The number of hydrogen-bond acceptors (Lipinski definition) is 4. The van der Waals surface area contributed by atoms with Gasteiger partial charge in [0.1, 0.15) is 5.75 Å². The summed E-state index contributed by atoms with van der Waals surface area (Å²) in [6.45, 7) is 2.02. The molecule has 6 nitrogen and oxygen atoms in total. The van der Waals surface area contributed by atoms with E-state index in [2.05, 4.69) is 16.5 Å². The Bertz CT molecular complexity index is 811. The fraction of sp³-hybridized carbons (Fsp3) is 0.524. The Morgan fingerprint density at radius 2 is 2.15 bits per heavy atom. The average molecular weight is 369 g/mol. The minimum Gasteiger partial charge on any atom is -0.496 e. The highest BCUT2D eigenvalue weighted by Gasteiger charge is 2.45. The minimum absolute atomic E-state index is 0.0590. The molecule has 1 aliphatic carbocycles. The third kappa shape index (κ3) is 3.58. The molecule has 4 rings (SSSR count). The number of rotatable bonds is 6. The van der Waals surface area contributed by atoms with Crippen LogP contribution in [-0.2, 0) is 22.0 Å². The number of nitrogens with zero attached hydrogens (tertiary/aromatic N) is 2. The average Bonchev–Trinajstić information content (AvgIpc) is 3.40. The quantitative estimate of drug-likeness (QED) is 0.849. The zero-order valence-corrected chi connectivity index (χ0v) is 16.0. The van der Waals surface area contributed by atoms with E-state index in [4.69, 9.17) is 9.47 Å². The number of methoxy groups -OCH3 is 1. The van der Waals surface area contributed by atoms with Gasteiger partial charge in [0.2, 0.25) is 5.91 Å². The fourth-order valence-corrected chi connectivity index (χ4v) is 4.26. The van der Waals surface area contributed by atoms with Crippen LogP contribution < -0.4 is 10.1 Å². The normalized spacial score (nSPS) is 23.6. The molecule has 2 atom stereocenters. The van der Waals surface area contributed by atoms with Gasteiger partial charge in [-0.25, -0.2) is 0 Å². The molecule has 1 saturated carbocycles. The van der Waals surface area contributed by atoms with Gasteiger partial charge in [0.25, 0.3) is 0 Å². The Morgan fingerprint density at radius 1 is 1.37 bits per heavy atom. The molecular formula is C21H27N3O3. The van der Waals surface area contributed by atoms with E-state index in [1.165, 1.54) is 0 Å². The van der Waals surface area contributed by atoms with Gasteiger partial charge in [-0.1, -0.05) is 18.2 Å². The number of aryl methyl sites for hydroxylation is 1. The SMILES string of the molecule is COc1ccccc1C1(CNC(=O)C2CC2c2cnn(C)c2)CCOCC1. The first-order chi connectivity index (χ1) is 13.1. The van der Waals surface area contributed by atoms with Crippen molar-refractivity contribution in [2.75, 3.05) is 26.9 Å². The standard InChI is InChI=1S/C21H27N3O3/c1-24-13-15(12-23-24)16-11-17(16)20(25)22-14-21(7-9-27-10-8-21)18-5-3-4-6-19(18)26-2/h3-6,12-13,16-17H,7-11,14H2,1-2H3,(H,22,25). The molecule has 1 aromatic carbocycles. The summed E-state index contributed by atoms with van der Waals surface area (Å²) in [5.41, 5.74) is 2.18. The van der Waals surface area contributed by atoms with Crippen molar-refractivity contribution in [2.45, 2.75) is 30.6 Å². The van der Waals surface area contributed by atoms with Gasteiger partial charge < -0.3 is 14.8 Å². The second-order valence-corrected chi connectivity index (χ2v) is 7.71. The van der Waals surface area contributed by atoms with Gasteiger partial charge in [-0.3, -0.25) is 9.48 Å². The summed E-state index contributed by atoms with van der Waals surface area (Å²) in [4.78, 5) is 12.8. The molecule has 2 heterocycles. The molecule has 1 N–H and O–H groups in total. The lowest BCUT2D eigenvalue weighted by Crippen LogP contribution is -2.45. The van der Waals surface area contributed by atoms with Crippen molar-refractivity contribution >= 4 is 5.91 Å². The Balaban J connectivity index is 1.46. The van der Waals surface area contributed by atoms with E-state index in [9.17, 15) is 4.79 Å². The molecule has 2 aromatic rings. The van der Waals surface area contributed by atoms with Crippen molar-refractivity contribution in [3.8, 4) is 5.75 Å². The molecule has 1 amide bonds. The number of aromatic nitrogens is 2. The molecule has 0 bridgehead atoms. The second kappa shape index (κ2) is 7.35. The molecule has 1 aromatic heterocycles. The van der Waals surface area contributed by atoms with Crippen LogP contribution in [-0.4, -0.2) is 42.6 Å². The summed E-state index contributed by atoms with van der Waals surface area (Å²) < 4.78 is 13.0. The number of carbonyl (C=O) groups is 1. The van der Waals surface area contributed by atoms with Gasteiger partial charge in [0.15, 0.2) is 0 Å². The Labute approximate surface area is 159 Å². The first kappa shape index (κ1) is 18.0. The van der Waals surface area contributed by atoms with Gasteiger partial charge >= 0.3 is 0 Å². The monoisotopic (exact) mass is 369 g/mol. The maximum atomic E-state index is 12.8. The first-order valence-corrected chi connectivity index (χ1v) is 9.60. The first-order valence-electron chi connectivity index (χ1n) is 9.60. The number of amides is 1. The number of carbonyl (C=O) groups excluding carboxylic acids is 1. The number of benzene rings is 1. The van der Waals surface area contributed by atoms with Crippen molar-refractivity contribution in [2.24, 2.45) is 13.0 Å². The van der Waals surface area contributed by atoms with Crippen LogP contribution >= 0.6 is 0 Å². The lowest BCUT2D eigenvalue weighted by molar-refractivity contribution is -0.122. The molecule has 27 heavy (non-hydrogen) atoms. The maximum absolute atomic E-state index is 12.8. The number of ether oxygens (including phenoxy) is 2.